The number of benzene rings is 3. The van der Waals surface area contributed by atoms with Crippen LogP contribution in [0.4, 0.5) is 5.82 Å². The fourth-order valence-electron chi connectivity index (χ4n) is 3.80. The fourth-order valence-corrected chi connectivity index (χ4v) is 7.38. The molecule has 12 nitrogen and oxygen atoms in total. The molecule has 0 aliphatic heterocycles. The van der Waals surface area contributed by atoms with Crippen LogP contribution in [0.25, 0.3) is 0 Å². The van der Waals surface area contributed by atoms with Crippen LogP contribution in [0.15, 0.2) is 103 Å². The van der Waals surface area contributed by atoms with Crippen molar-refractivity contribution in [3.8, 4) is 17.2 Å². The standard InChI is InChI=1S/C18H16O7P2.C12H17N4OS.ClH/c19-26(20,22-16-10-4-1-5-11-16)25-27(21,23-17-12-6-2-7-13-17)24-18-14-8-3-9-15-18;1-8-11(3-4-17)18-7-16(8)6-10-5-14-9(2)15-12(10)13;/h1-15H,(H,19,20);5,7,17H,3-4,6H2,1-2H3,(H2,13,14,15);1H/q;+1;/p-1. The lowest BCUT2D eigenvalue weighted by molar-refractivity contribution is -0.689. The van der Waals surface area contributed by atoms with Crippen molar-refractivity contribution in [1.82, 2.24) is 9.97 Å². The first-order chi connectivity index (χ1) is 21.6. The number of hydrogen-bond donors (Lipinski definition) is 3. The van der Waals surface area contributed by atoms with Crippen molar-refractivity contribution < 1.29 is 54.0 Å². The van der Waals surface area contributed by atoms with Crippen LogP contribution in [0, 0.1) is 13.8 Å². The minimum atomic E-state index is -4.82. The maximum atomic E-state index is 13.1. The van der Waals surface area contributed by atoms with Crippen molar-refractivity contribution in [1.29, 1.82) is 0 Å². The number of aliphatic hydroxyl groups excluding tert-OH is 1. The van der Waals surface area contributed by atoms with Gasteiger partial charge in [-0.1, -0.05) is 65.9 Å². The van der Waals surface area contributed by atoms with Crippen LogP contribution < -0.4 is 36.3 Å². The molecule has 0 saturated carbocycles. The topological polar surface area (TPSA) is 167 Å². The van der Waals surface area contributed by atoms with Crippen molar-refractivity contribution in [2.24, 2.45) is 0 Å². The third kappa shape index (κ3) is 11.2. The molecule has 244 valence electrons. The average molecular weight is 707 g/mol. The Labute approximate surface area is 277 Å². The summed E-state index contributed by atoms with van der Waals surface area (Å²) in [6.45, 7) is 4.71. The molecule has 5 rings (SSSR count). The number of nitrogens with two attached hydrogens (primary N) is 1. The maximum absolute atomic E-state index is 13.1. The fraction of sp³-hybridized carbons (Fsp3) is 0.167. The normalized spacial score (nSPS) is 12.1. The lowest BCUT2D eigenvalue weighted by Gasteiger charge is -2.21. The van der Waals surface area contributed by atoms with Gasteiger partial charge in [-0.05, 0) is 43.3 Å². The van der Waals surface area contributed by atoms with Gasteiger partial charge in [-0.3, -0.25) is 4.89 Å². The highest BCUT2D eigenvalue weighted by Crippen LogP contribution is 2.62. The van der Waals surface area contributed by atoms with E-state index in [2.05, 4.69) is 14.5 Å². The maximum Gasteiger partial charge on any atom is 0.597 e. The van der Waals surface area contributed by atoms with Crippen LogP contribution in [0.3, 0.4) is 0 Å². The number of aryl methyl sites for hydroxylation is 1. The second kappa shape index (κ2) is 17.2. The van der Waals surface area contributed by atoms with E-state index >= 15 is 0 Å². The van der Waals surface area contributed by atoms with Crippen LogP contribution in [0.2, 0.25) is 0 Å². The minimum Gasteiger partial charge on any atom is -1.00 e. The molecule has 3 aromatic carbocycles. The van der Waals surface area contributed by atoms with Gasteiger partial charge in [-0.15, -0.1) is 0 Å². The second-order valence-electron chi connectivity index (χ2n) is 9.37. The second-order valence-corrected chi connectivity index (χ2v) is 13.3. The summed E-state index contributed by atoms with van der Waals surface area (Å²) in [4.78, 5) is 19.6. The Balaban J connectivity index is 0.000000265. The van der Waals surface area contributed by atoms with E-state index in [1.807, 2.05) is 19.4 Å². The lowest BCUT2D eigenvalue weighted by Crippen LogP contribution is -3.00. The van der Waals surface area contributed by atoms with Gasteiger partial charge in [0, 0.05) is 26.1 Å². The number of phosphoric ester groups is 2. The van der Waals surface area contributed by atoms with Crippen molar-refractivity contribution in [3.63, 3.8) is 0 Å². The number of aromatic nitrogens is 3. The third-order valence-corrected chi connectivity index (χ3v) is 10.0. The van der Waals surface area contributed by atoms with Gasteiger partial charge >= 0.3 is 15.6 Å². The van der Waals surface area contributed by atoms with Crippen LogP contribution in [0.5, 0.6) is 17.2 Å². The predicted molar refractivity (Wildman–Crippen MR) is 170 cm³/mol. The number of nitrogens with zero attached hydrogens (tertiary/aromatic N) is 3. The average Bonchev–Trinajstić information content (AvgIpc) is 3.34. The summed E-state index contributed by atoms with van der Waals surface area (Å²) in [5.41, 5.74) is 10.0. The van der Waals surface area contributed by atoms with Crippen molar-refractivity contribution >= 4 is 32.8 Å². The Morgan fingerprint density at radius 1 is 0.848 bits per heavy atom. The number of anilines is 1. The monoisotopic (exact) mass is 706 g/mol. The molecule has 0 radical (unpaired) electrons. The highest BCUT2D eigenvalue weighted by atomic mass is 35.5. The van der Waals surface area contributed by atoms with Gasteiger partial charge in [0.1, 0.15) is 28.9 Å². The van der Waals surface area contributed by atoms with E-state index in [9.17, 15) is 14.0 Å². The van der Waals surface area contributed by atoms with E-state index in [-0.39, 0.29) is 36.3 Å². The number of rotatable bonds is 12. The van der Waals surface area contributed by atoms with E-state index in [0.29, 0.717) is 24.6 Å². The summed E-state index contributed by atoms with van der Waals surface area (Å²) in [6.07, 6.45) is 2.47. The third-order valence-electron chi connectivity index (χ3n) is 5.94. The molecule has 0 fully saturated rings. The van der Waals surface area contributed by atoms with E-state index in [1.54, 1.807) is 72.1 Å². The number of para-hydroxylation sites is 3. The van der Waals surface area contributed by atoms with Crippen LogP contribution in [-0.4, -0.2) is 26.6 Å². The molecular weight excluding hydrogens is 674 g/mol. The zero-order valence-electron chi connectivity index (χ0n) is 24.9. The summed E-state index contributed by atoms with van der Waals surface area (Å²) in [5.74, 6) is 1.55. The lowest BCUT2D eigenvalue weighted by atomic mass is 10.2. The SMILES string of the molecule is Cc1ncc(C[n+]2csc(CCO)c2C)c(N)n1.O=P(O)(Oc1ccccc1)OP(=O)(Oc1ccccc1)Oc1ccccc1.[Cl-]. The van der Waals surface area contributed by atoms with Gasteiger partial charge in [0.15, 0.2) is 12.2 Å². The first-order valence-corrected chi connectivity index (χ1v) is 17.4. The predicted octanol–water partition coefficient (Wildman–Crippen LogP) is 3.06. The number of halogens is 1. The Hall–Kier alpha value is -3.80. The number of hydrogen-bond acceptors (Lipinski definition) is 11. The van der Waals surface area contributed by atoms with Gasteiger partial charge in [-0.2, -0.15) is 8.88 Å². The Bertz CT molecular complexity index is 1720. The molecule has 46 heavy (non-hydrogen) atoms. The smallest absolute Gasteiger partial charge is 0.597 e. The first kappa shape index (κ1) is 36.7. The largest absolute Gasteiger partial charge is 1.00 e. The summed E-state index contributed by atoms with van der Waals surface area (Å²) < 4.78 is 47.9. The highest BCUT2D eigenvalue weighted by molar-refractivity contribution is 7.62. The number of phosphoric acid groups is 2. The summed E-state index contributed by atoms with van der Waals surface area (Å²) in [5, 5.41) is 8.98. The minimum absolute atomic E-state index is 0. The van der Waals surface area contributed by atoms with Gasteiger partial charge in [-0.25, -0.2) is 19.1 Å². The van der Waals surface area contributed by atoms with Crippen molar-refractivity contribution in [2.45, 2.75) is 26.8 Å². The molecule has 0 saturated heterocycles. The molecule has 2 aromatic heterocycles. The van der Waals surface area contributed by atoms with Crippen molar-refractivity contribution in [3.05, 3.63) is 125 Å². The van der Waals surface area contributed by atoms with Gasteiger partial charge < -0.3 is 36.8 Å². The molecule has 0 aliphatic rings. The van der Waals surface area contributed by atoms with E-state index in [1.165, 1.54) is 41.3 Å². The molecule has 1 unspecified atom stereocenters. The quantitative estimate of drug-likeness (QED) is 0.129. The van der Waals surface area contributed by atoms with Gasteiger partial charge in [0.05, 0.1) is 10.4 Å². The number of nitrogen functional groups attached to an aromatic ring is 1. The Kier molecular flexibility index (Phi) is 13.7. The zero-order chi connectivity index (χ0) is 32.3. The van der Waals surface area contributed by atoms with E-state index in [0.717, 1.165) is 11.3 Å². The molecule has 0 spiro atoms. The van der Waals surface area contributed by atoms with E-state index in [4.69, 9.17) is 28.7 Å². The number of thiazole rings is 1. The summed E-state index contributed by atoms with van der Waals surface area (Å²) in [7, 11) is -9.38. The highest BCUT2D eigenvalue weighted by Gasteiger charge is 2.42. The molecular formula is C30H33ClN4O8P2S. The van der Waals surface area contributed by atoms with Gasteiger partial charge in [0.25, 0.3) is 0 Å². The Morgan fingerprint density at radius 3 is 1.83 bits per heavy atom. The molecule has 4 N–H and O–H groups in total. The molecule has 0 aliphatic carbocycles. The first-order valence-electron chi connectivity index (χ1n) is 13.6. The van der Waals surface area contributed by atoms with Gasteiger partial charge in [0.2, 0.25) is 5.51 Å². The molecule has 1 atom stereocenters. The van der Waals surface area contributed by atoms with E-state index < -0.39 is 15.6 Å². The summed E-state index contributed by atoms with van der Waals surface area (Å²) in [6, 6.07) is 23.9. The van der Waals surface area contributed by atoms with Crippen LogP contribution >= 0.6 is 27.0 Å². The molecule has 0 bridgehead atoms. The zero-order valence-corrected chi connectivity index (χ0v) is 28.2. The van der Waals surface area contributed by atoms with Crippen LogP contribution in [0.1, 0.15) is 22.0 Å². The molecule has 16 heteroatoms. The molecule has 2 heterocycles. The Morgan fingerprint density at radius 2 is 1.35 bits per heavy atom. The number of aliphatic hydroxyl groups is 1. The summed E-state index contributed by atoms with van der Waals surface area (Å²) >= 11 is 1.65. The molecule has 0 amide bonds. The van der Waals surface area contributed by atoms with Crippen LogP contribution in [-0.2, 0) is 26.4 Å². The molecule has 5 aromatic rings. The van der Waals surface area contributed by atoms with Crippen molar-refractivity contribution in [2.75, 3.05) is 12.3 Å².